The Balaban J connectivity index is 1.97. The number of hydrogen-bond acceptors (Lipinski definition) is 3. The van der Waals surface area contributed by atoms with Crippen LogP contribution in [0.25, 0.3) is 0 Å². The highest BCUT2D eigenvalue weighted by Crippen LogP contribution is 2.16. The summed E-state index contributed by atoms with van der Waals surface area (Å²) in [7, 11) is 1.46. The summed E-state index contributed by atoms with van der Waals surface area (Å²) in [6, 6.07) is 4.21. The number of rotatable bonds is 4. The molecular formula is C12H15FN2O2. The van der Waals surface area contributed by atoms with E-state index in [2.05, 4.69) is 10.6 Å². The quantitative estimate of drug-likeness (QED) is 0.815. The summed E-state index contributed by atoms with van der Waals surface area (Å²) in [5.74, 6) is -0.0758. The van der Waals surface area contributed by atoms with Crippen molar-refractivity contribution in [1.82, 2.24) is 10.6 Å². The van der Waals surface area contributed by atoms with Crippen molar-refractivity contribution < 1.29 is 13.9 Å². The van der Waals surface area contributed by atoms with Gasteiger partial charge >= 0.3 is 0 Å². The molecule has 0 aromatic heterocycles. The van der Waals surface area contributed by atoms with Gasteiger partial charge in [-0.3, -0.25) is 4.79 Å². The zero-order valence-corrected chi connectivity index (χ0v) is 9.63. The normalized spacial score (nSPS) is 15.2. The van der Waals surface area contributed by atoms with Crippen LogP contribution in [-0.4, -0.2) is 32.7 Å². The largest absolute Gasteiger partial charge is 0.497 e. The van der Waals surface area contributed by atoms with Crippen LogP contribution in [-0.2, 0) is 0 Å². The first-order valence-corrected chi connectivity index (χ1v) is 5.53. The van der Waals surface area contributed by atoms with Crippen LogP contribution in [0.15, 0.2) is 18.2 Å². The van der Waals surface area contributed by atoms with Crippen LogP contribution in [0.1, 0.15) is 10.4 Å². The number of nitrogens with one attached hydrogen (secondary N) is 2. The molecule has 0 atom stereocenters. The van der Waals surface area contributed by atoms with Crippen molar-refractivity contribution in [3.63, 3.8) is 0 Å². The second kappa shape index (κ2) is 5.14. The van der Waals surface area contributed by atoms with E-state index in [9.17, 15) is 9.18 Å². The first-order chi connectivity index (χ1) is 8.20. The highest BCUT2D eigenvalue weighted by Gasteiger charge is 2.19. The van der Waals surface area contributed by atoms with E-state index in [0.717, 1.165) is 13.1 Å². The van der Waals surface area contributed by atoms with E-state index in [1.54, 1.807) is 6.07 Å². The fourth-order valence-electron chi connectivity index (χ4n) is 1.63. The van der Waals surface area contributed by atoms with Gasteiger partial charge in [-0.1, -0.05) is 0 Å². The van der Waals surface area contributed by atoms with E-state index >= 15 is 0 Å². The topological polar surface area (TPSA) is 50.4 Å². The molecule has 0 spiro atoms. The van der Waals surface area contributed by atoms with E-state index in [-0.39, 0.29) is 11.5 Å². The molecule has 4 nitrogen and oxygen atoms in total. The molecule has 1 heterocycles. The summed E-state index contributed by atoms with van der Waals surface area (Å²) >= 11 is 0. The zero-order valence-electron chi connectivity index (χ0n) is 9.63. The summed E-state index contributed by atoms with van der Waals surface area (Å²) in [6.45, 7) is 2.40. The molecular weight excluding hydrogens is 223 g/mol. The van der Waals surface area contributed by atoms with Crippen molar-refractivity contribution in [3.8, 4) is 5.75 Å². The second-order valence-corrected chi connectivity index (χ2v) is 4.08. The number of hydrogen-bond donors (Lipinski definition) is 2. The molecule has 0 saturated carbocycles. The third-order valence-corrected chi connectivity index (χ3v) is 2.84. The fraction of sp³-hybridized carbons (Fsp3) is 0.417. The van der Waals surface area contributed by atoms with Crippen molar-refractivity contribution in [3.05, 3.63) is 29.6 Å². The third kappa shape index (κ3) is 2.74. The zero-order chi connectivity index (χ0) is 12.3. The second-order valence-electron chi connectivity index (χ2n) is 4.08. The molecule has 1 aromatic carbocycles. The Hall–Kier alpha value is -1.62. The van der Waals surface area contributed by atoms with Gasteiger partial charge in [0.05, 0.1) is 12.7 Å². The maximum absolute atomic E-state index is 13.6. The summed E-state index contributed by atoms with van der Waals surface area (Å²) < 4.78 is 18.4. The Morgan fingerprint density at radius 2 is 2.35 bits per heavy atom. The molecule has 1 amide bonds. The average molecular weight is 238 g/mol. The lowest BCUT2D eigenvalue weighted by Crippen LogP contribution is -2.48. The highest BCUT2D eigenvalue weighted by molar-refractivity contribution is 5.94. The van der Waals surface area contributed by atoms with Crippen molar-refractivity contribution >= 4 is 5.91 Å². The molecule has 0 aliphatic carbocycles. The first kappa shape index (κ1) is 11.9. The Kier molecular flexibility index (Phi) is 3.58. The molecule has 1 saturated heterocycles. The molecule has 0 bridgehead atoms. The summed E-state index contributed by atoms with van der Waals surface area (Å²) in [6.07, 6.45) is 0. The van der Waals surface area contributed by atoms with Gasteiger partial charge in [0.15, 0.2) is 0 Å². The number of halogens is 1. The molecule has 5 heteroatoms. The summed E-state index contributed by atoms with van der Waals surface area (Å²) in [4.78, 5) is 11.7. The maximum atomic E-state index is 13.6. The van der Waals surface area contributed by atoms with Gasteiger partial charge in [0.1, 0.15) is 11.6 Å². The fourth-order valence-corrected chi connectivity index (χ4v) is 1.63. The average Bonchev–Trinajstić information content (AvgIpc) is 2.26. The number of amides is 1. The van der Waals surface area contributed by atoms with Crippen LogP contribution in [0.4, 0.5) is 4.39 Å². The van der Waals surface area contributed by atoms with Crippen LogP contribution in [0.3, 0.4) is 0 Å². The summed E-state index contributed by atoms with van der Waals surface area (Å²) in [5, 5.41) is 5.83. The van der Waals surface area contributed by atoms with Crippen LogP contribution >= 0.6 is 0 Å². The lowest BCUT2D eigenvalue weighted by atomic mass is 10.0. The molecule has 1 fully saturated rings. The summed E-state index contributed by atoms with van der Waals surface area (Å²) in [5.41, 5.74) is 0.0538. The Morgan fingerprint density at radius 3 is 2.88 bits per heavy atom. The smallest absolute Gasteiger partial charge is 0.254 e. The molecule has 1 aromatic rings. The van der Waals surface area contributed by atoms with Gasteiger partial charge < -0.3 is 15.4 Å². The Morgan fingerprint density at radius 1 is 1.59 bits per heavy atom. The van der Waals surface area contributed by atoms with Crippen LogP contribution in [0.5, 0.6) is 5.75 Å². The van der Waals surface area contributed by atoms with E-state index < -0.39 is 5.82 Å². The van der Waals surface area contributed by atoms with Gasteiger partial charge in [0.2, 0.25) is 0 Å². The number of ether oxygens (including phenoxy) is 1. The maximum Gasteiger partial charge on any atom is 0.254 e. The van der Waals surface area contributed by atoms with Crippen molar-refractivity contribution in [2.75, 3.05) is 26.7 Å². The van der Waals surface area contributed by atoms with Crippen LogP contribution < -0.4 is 15.4 Å². The lowest BCUT2D eigenvalue weighted by molar-refractivity contribution is 0.0938. The predicted molar refractivity (Wildman–Crippen MR) is 61.6 cm³/mol. The van der Waals surface area contributed by atoms with E-state index in [0.29, 0.717) is 18.2 Å². The number of carbonyl (C=O) groups is 1. The van der Waals surface area contributed by atoms with E-state index in [1.807, 2.05) is 0 Å². The molecule has 92 valence electrons. The van der Waals surface area contributed by atoms with E-state index in [1.165, 1.54) is 19.2 Å². The number of benzene rings is 1. The highest BCUT2D eigenvalue weighted by atomic mass is 19.1. The minimum Gasteiger partial charge on any atom is -0.497 e. The van der Waals surface area contributed by atoms with Gasteiger partial charge in [-0.15, -0.1) is 0 Å². The third-order valence-electron chi connectivity index (χ3n) is 2.84. The Labute approximate surface area is 99.2 Å². The monoisotopic (exact) mass is 238 g/mol. The van der Waals surface area contributed by atoms with E-state index in [4.69, 9.17) is 4.74 Å². The number of carbonyl (C=O) groups excluding carboxylic acids is 1. The van der Waals surface area contributed by atoms with Gasteiger partial charge in [0.25, 0.3) is 5.91 Å². The van der Waals surface area contributed by atoms with Gasteiger partial charge in [-0.2, -0.15) is 0 Å². The van der Waals surface area contributed by atoms with Crippen molar-refractivity contribution in [1.29, 1.82) is 0 Å². The molecule has 0 unspecified atom stereocenters. The molecule has 2 N–H and O–H groups in total. The SMILES string of the molecule is COc1ccc(C(=O)NCC2CNC2)c(F)c1. The number of methoxy groups -OCH3 is 1. The molecule has 1 aliphatic heterocycles. The lowest BCUT2D eigenvalue weighted by Gasteiger charge is -2.27. The van der Waals surface area contributed by atoms with Crippen LogP contribution in [0, 0.1) is 11.7 Å². The van der Waals surface area contributed by atoms with Gasteiger partial charge in [0, 0.05) is 31.6 Å². The first-order valence-electron chi connectivity index (χ1n) is 5.53. The Bertz CT molecular complexity index is 419. The molecule has 2 rings (SSSR count). The van der Waals surface area contributed by atoms with Crippen molar-refractivity contribution in [2.24, 2.45) is 5.92 Å². The predicted octanol–water partition coefficient (Wildman–Crippen LogP) is 0.783. The minimum atomic E-state index is -0.561. The van der Waals surface area contributed by atoms with Gasteiger partial charge in [-0.25, -0.2) is 4.39 Å². The van der Waals surface area contributed by atoms with Gasteiger partial charge in [-0.05, 0) is 12.1 Å². The molecule has 17 heavy (non-hydrogen) atoms. The minimum absolute atomic E-state index is 0.0538. The van der Waals surface area contributed by atoms with Crippen LogP contribution in [0.2, 0.25) is 0 Å². The standard InChI is InChI=1S/C12H15FN2O2/c1-17-9-2-3-10(11(13)4-9)12(16)15-7-8-5-14-6-8/h2-4,8,14H,5-7H2,1H3,(H,15,16). The molecule has 1 aliphatic rings. The molecule has 0 radical (unpaired) electrons. The van der Waals surface area contributed by atoms with Crippen molar-refractivity contribution in [2.45, 2.75) is 0 Å².